The summed E-state index contributed by atoms with van der Waals surface area (Å²) in [7, 11) is 0. The highest BCUT2D eigenvalue weighted by molar-refractivity contribution is 7.98. The Kier molecular flexibility index (Phi) is 3.88. The first-order valence-electron chi connectivity index (χ1n) is 5.23. The summed E-state index contributed by atoms with van der Waals surface area (Å²) >= 11 is 1.66. The third kappa shape index (κ3) is 3.14. The van der Waals surface area contributed by atoms with Crippen LogP contribution >= 0.6 is 11.8 Å². The average Bonchev–Trinajstić information content (AvgIpc) is 2.40. The van der Waals surface area contributed by atoms with Crippen molar-refractivity contribution in [3.8, 4) is 0 Å². The summed E-state index contributed by atoms with van der Waals surface area (Å²) < 4.78 is 0. The number of hydrogen-bond donors (Lipinski definition) is 0. The van der Waals surface area contributed by atoms with Gasteiger partial charge in [0.25, 0.3) is 0 Å². The zero-order chi connectivity index (χ0) is 12.1. The number of Topliss-reactive ketones (excluding diaryl/α,β-unsaturated/α-hetero) is 1. The molecule has 1 aromatic heterocycles. The normalized spacial score (nSPS) is 10.2. The summed E-state index contributed by atoms with van der Waals surface area (Å²) in [5.41, 5.74) is 1.42. The lowest BCUT2D eigenvalue weighted by Gasteiger charge is -2.01. The van der Waals surface area contributed by atoms with Gasteiger partial charge in [-0.3, -0.25) is 4.79 Å². The Hall–Kier alpha value is -1.68. The molecule has 0 amide bonds. The second kappa shape index (κ2) is 5.59. The standard InChI is InChI=1S/C13H12N2OS/c1-17-12-6-4-10(5-7-12)13(16)9-11-3-2-8-14-15-11/h2-8H,9H2,1H3. The minimum absolute atomic E-state index is 0.0677. The molecule has 0 saturated carbocycles. The second-order valence-corrected chi connectivity index (χ2v) is 4.42. The molecule has 1 aromatic carbocycles. The van der Waals surface area contributed by atoms with E-state index < -0.39 is 0 Å². The van der Waals surface area contributed by atoms with Crippen LogP contribution in [0.5, 0.6) is 0 Å². The topological polar surface area (TPSA) is 42.9 Å². The number of rotatable bonds is 4. The molecule has 0 saturated heterocycles. The van der Waals surface area contributed by atoms with E-state index in [0.29, 0.717) is 17.7 Å². The highest BCUT2D eigenvalue weighted by Gasteiger charge is 2.07. The van der Waals surface area contributed by atoms with Crippen LogP contribution in [0.15, 0.2) is 47.5 Å². The van der Waals surface area contributed by atoms with E-state index in [2.05, 4.69) is 10.2 Å². The van der Waals surface area contributed by atoms with E-state index in [4.69, 9.17) is 0 Å². The van der Waals surface area contributed by atoms with Crippen LogP contribution in [0, 0.1) is 0 Å². The fourth-order valence-corrected chi connectivity index (χ4v) is 1.88. The monoisotopic (exact) mass is 244 g/mol. The molecule has 3 nitrogen and oxygen atoms in total. The molecular weight excluding hydrogens is 232 g/mol. The van der Waals surface area contributed by atoms with Crippen LogP contribution in [0.1, 0.15) is 16.1 Å². The predicted octanol–water partition coefficient (Wildman–Crippen LogP) is 2.62. The summed E-state index contributed by atoms with van der Waals surface area (Å²) in [6.45, 7) is 0. The maximum absolute atomic E-state index is 11.9. The molecule has 2 rings (SSSR count). The van der Waals surface area contributed by atoms with Crippen molar-refractivity contribution in [1.82, 2.24) is 10.2 Å². The van der Waals surface area contributed by atoms with Gasteiger partial charge in [-0.25, -0.2) is 0 Å². The number of benzene rings is 1. The van der Waals surface area contributed by atoms with Gasteiger partial charge in [0.2, 0.25) is 0 Å². The highest BCUT2D eigenvalue weighted by atomic mass is 32.2. The summed E-state index contributed by atoms with van der Waals surface area (Å²) in [5.74, 6) is 0.0677. The van der Waals surface area contributed by atoms with Crippen LogP contribution in [-0.2, 0) is 6.42 Å². The molecule has 86 valence electrons. The van der Waals surface area contributed by atoms with E-state index in [9.17, 15) is 4.79 Å². The number of hydrogen-bond acceptors (Lipinski definition) is 4. The fourth-order valence-electron chi connectivity index (χ4n) is 1.47. The van der Waals surface area contributed by atoms with Gasteiger partial charge < -0.3 is 0 Å². The van der Waals surface area contributed by atoms with Crippen LogP contribution in [-0.4, -0.2) is 22.2 Å². The number of aromatic nitrogens is 2. The van der Waals surface area contributed by atoms with Gasteiger partial charge in [0.15, 0.2) is 5.78 Å². The summed E-state index contributed by atoms with van der Waals surface area (Å²) in [6.07, 6.45) is 3.91. The van der Waals surface area contributed by atoms with Crippen molar-refractivity contribution in [2.24, 2.45) is 0 Å². The Morgan fingerprint density at radius 3 is 2.59 bits per heavy atom. The van der Waals surface area contributed by atoms with E-state index in [0.717, 1.165) is 4.90 Å². The molecular formula is C13H12N2OS. The zero-order valence-corrected chi connectivity index (χ0v) is 10.3. The summed E-state index contributed by atoms with van der Waals surface area (Å²) in [4.78, 5) is 13.1. The van der Waals surface area contributed by atoms with Crippen molar-refractivity contribution in [1.29, 1.82) is 0 Å². The Labute approximate surface area is 104 Å². The average molecular weight is 244 g/mol. The van der Waals surface area contributed by atoms with Crippen molar-refractivity contribution >= 4 is 17.5 Å². The Bertz CT molecular complexity index is 497. The first-order valence-corrected chi connectivity index (χ1v) is 6.46. The summed E-state index contributed by atoms with van der Waals surface area (Å²) in [6, 6.07) is 11.2. The maximum atomic E-state index is 11.9. The third-order valence-corrected chi connectivity index (χ3v) is 3.12. The fraction of sp³-hybridized carbons (Fsp3) is 0.154. The molecule has 0 aliphatic rings. The SMILES string of the molecule is CSc1ccc(C(=O)Cc2cccnn2)cc1. The number of carbonyl (C=O) groups is 1. The lowest BCUT2D eigenvalue weighted by molar-refractivity contribution is 0.0991. The van der Waals surface area contributed by atoms with Gasteiger partial charge in [-0.1, -0.05) is 12.1 Å². The Morgan fingerprint density at radius 2 is 2.00 bits per heavy atom. The predicted molar refractivity (Wildman–Crippen MR) is 68.3 cm³/mol. The van der Waals surface area contributed by atoms with E-state index in [1.54, 1.807) is 30.1 Å². The zero-order valence-electron chi connectivity index (χ0n) is 9.46. The van der Waals surface area contributed by atoms with Crippen molar-refractivity contribution in [2.75, 3.05) is 6.26 Å². The van der Waals surface area contributed by atoms with E-state index in [1.165, 1.54) is 0 Å². The van der Waals surface area contributed by atoms with Crippen molar-refractivity contribution in [3.05, 3.63) is 53.9 Å². The molecule has 0 unspecified atom stereocenters. The molecule has 0 atom stereocenters. The van der Waals surface area contributed by atoms with Gasteiger partial charge in [-0.15, -0.1) is 11.8 Å². The number of ketones is 1. The minimum atomic E-state index is 0.0677. The van der Waals surface area contributed by atoms with E-state index in [-0.39, 0.29) is 5.78 Å². The first kappa shape index (κ1) is 11.8. The van der Waals surface area contributed by atoms with Crippen molar-refractivity contribution in [2.45, 2.75) is 11.3 Å². The van der Waals surface area contributed by atoms with Gasteiger partial charge in [0.1, 0.15) is 0 Å². The molecule has 17 heavy (non-hydrogen) atoms. The quantitative estimate of drug-likeness (QED) is 0.612. The maximum Gasteiger partial charge on any atom is 0.168 e. The van der Waals surface area contributed by atoms with Crippen LogP contribution in [0.25, 0.3) is 0 Å². The molecule has 4 heteroatoms. The lowest BCUT2D eigenvalue weighted by atomic mass is 10.1. The van der Waals surface area contributed by atoms with Crippen molar-refractivity contribution < 1.29 is 4.79 Å². The van der Waals surface area contributed by atoms with Crippen molar-refractivity contribution in [3.63, 3.8) is 0 Å². The first-order chi connectivity index (χ1) is 8.29. The highest BCUT2D eigenvalue weighted by Crippen LogP contribution is 2.15. The largest absolute Gasteiger partial charge is 0.294 e. The molecule has 2 aromatic rings. The van der Waals surface area contributed by atoms with E-state index >= 15 is 0 Å². The molecule has 0 N–H and O–H groups in total. The molecule has 0 aliphatic carbocycles. The Balaban J connectivity index is 2.09. The van der Waals surface area contributed by atoms with Crippen LogP contribution in [0.3, 0.4) is 0 Å². The lowest BCUT2D eigenvalue weighted by Crippen LogP contribution is -2.05. The van der Waals surface area contributed by atoms with Gasteiger partial charge in [-0.05, 0) is 30.5 Å². The number of thioether (sulfide) groups is 1. The van der Waals surface area contributed by atoms with Gasteiger partial charge >= 0.3 is 0 Å². The third-order valence-electron chi connectivity index (χ3n) is 2.38. The Morgan fingerprint density at radius 1 is 1.24 bits per heavy atom. The number of nitrogens with zero attached hydrogens (tertiary/aromatic N) is 2. The van der Waals surface area contributed by atoms with Crippen LogP contribution in [0.4, 0.5) is 0 Å². The summed E-state index contributed by atoms with van der Waals surface area (Å²) in [5, 5.41) is 7.66. The minimum Gasteiger partial charge on any atom is -0.294 e. The molecule has 0 bridgehead atoms. The molecule has 0 radical (unpaired) electrons. The number of carbonyl (C=O) groups excluding carboxylic acids is 1. The van der Waals surface area contributed by atoms with Gasteiger partial charge in [0.05, 0.1) is 12.1 Å². The van der Waals surface area contributed by atoms with E-state index in [1.807, 2.05) is 30.5 Å². The molecule has 0 spiro atoms. The van der Waals surface area contributed by atoms with Crippen LogP contribution in [0.2, 0.25) is 0 Å². The molecule has 1 heterocycles. The second-order valence-electron chi connectivity index (χ2n) is 3.54. The van der Waals surface area contributed by atoms with Gasteiger partial charge in [0, 0.05) is 16.7 Å². The van der Waals surface area contributed by atoms with Gasteiger partial charge in [-0.2, -0.15) is 10.2 Å². The molecule has 0 aliphatic heterocycles. The smallest absolute Gasteiger partial charge is 0.168 e. The van der Waals surface area contributed by atoms with Crippen LogP contribution < -0.4 is 0 Å². The molecule has 0 fully saturated rings.